The molecule has 90 valence electrons. The van der Waals surface area contributed by atoms with Gasteiger partial charge < -0.3 is 15.5 Å². The van der Waals surface area contributed by atoms with Gasteiger partial charge in [-0.15, -0.1) is 0 Å². The van der Waals surface area contributed by atoms with Gasteiger partial charge in [0, 0.05) is 11.6 Å². The predicted octanol–water partition coefficient (Wildman–Crippen LogP) is 0.914. The molecule has 3 heteroatoms. The van der Waals surface area contributed by atoms with Crippen molar-refractivity contribution in [1.29, 1.82) is 0 Å². The summed E-state index contributed by atoms with van der Waals surface area (Å²) in [7, 11) is 6.36. The normalized spacial score (nSPS) is 23.0. The van der Waals surface area contributed by atoms with Crippen molar-refractivity contribution in [2.24, 2.45) is 5.92 Å². The minimum atomic E-state index is 0.176. The lowest BCUT2D eigenvalue weighted by molar-refractivity contribution is 0.143. The van der Waals surface area contributed by atoms with Crippen molar-refractivity contribution < 1.29 is 0 Å². The predicted molar refractivity (Wildman–Crippen MR) is 66.2 cm³/mol. The van der Waals surface area contributed by atoms with Crippen LogP contribution >= 0.6 is 0 Å². The first-order valence-electron chi connectivity index (χ1n) is 6.06. The maximum absolute atomic E-state index is 3.50. The van der Waals surface area contributed by atoms with E-state index in [1.165, 1.54) is 25.9 Å². The summed E-state index contributed by atoms with van der Waals surface area (Å²) in [5.74, 6) is 0.800. The topological polar surface area (TPSA) is 27.3 Å². The Morgan fingerprint density at radius 1 is 1.20 bits per heavy atom. The van der Waals surface area contributed by atoms with E-state index in [9.17, 15) is 0 Å². The number of likely N-dealkylation sites (N-methyl/N-ethyl adjacent to an activating group) is 2. The second-order valence-corrected chi connectivity index (χ2v) is 5.38. The first-order chi connectivity index (χ1) is 7.01. The highest BCUT2D eigenvalue weighted by Crippen LogP contribution is 2.26. The minimum Gasteiger partial charge on any atom is -0.315 e. The molecule has 1 aliphatic heterocycles. The van der Waals surface area contributed by atoms with Crippen LogP contribution in [0.4, 0.5) is 0 Å². The van der Waals surface area contributed by atoms with Gasteiger partial charge >= 0.3 is 0 Å². The number of rotatable bonds is 4. The van der Waals surface area contributed by atoms with Crippen molar-refractivity contribution in [3.8, 4) is 0 Å². The molecule has 0 saturated carbocycles. The van der Waals surface area contributed by atoms with Crippen LogP contribution in [0.25, 0.3) is 0 Å². The summed E-state index contributed by atoms with van der Waals surface area (Å²) in [6.07, 6.45) is 2.63. The summed E-state index contributed by atoms with van der Waals surface area (Å²) in [6.45, 7) is 7.05. The summed E-state index contributed by atoms with van der Waals surface area (Å²) >= 11 is 0. The fraction of sp³-hybridized carbons (Fsp3) is 1.00. The molecule has 1 atom stereocenters. The number of nitrogens with zero attached hydrogens (tertiary/aromatic N) is 1. The number of piperidine rings is 1. The van der Waals surface area contributed by atoms with E-state index in [-0.39, 0.29) is 5.54 Å². The number of likely N-dealkylation sites (tertiary alicyclic amines) is 1. The van der Waals surface area contributed by atoms with Gasteiger partial charge in [0.2, 0.25) is 0 Å². The maximum Gasteiger partial charge on any atom is 0.0278 e. The lowest BCUT2D eigenvalue weighted by atomic mass is 9.79. The molecular weight excluding hydrogens is 186 g/mol. The van der Waals surface area contributed by atoms with Crippen LogP contribution in [-0.4, -0.2) is 50.7 Å². The Bertz CT molecular complexity index is 183. The Labute approximate surface area is 94.6 Å². The third-order valence-corrected chi connectivity index (χ3v) is 3.97. The van der Waals surface area contributed by atoms with E-state index in [0.29, 0.717) is 6.04 Å². The van der Waals surface area contributed by atoms with Crippen molar-refractivity contribution in [3.63, 3.8) is 0 Å². The molecule has 0 radical (unpaired) electrons. The highest BCUT2D eigenvalue weighted by Gasteiger charge is 2.34. The van der Waals surface area contributed by atoms with Crippen LogP contribution in [0.2, 0.25) is 0 Å². The van der Waals surface area contributed by atoms with Crippen molar-refractivity contribution in [1.82, 2.24) is 15.5 Å². The van der Waals surface area contributed by atoms with E-state index in [4.69, 9.17) is 0 Å². The summed E-state index contributed by atoms with van der Waals surface area (Å²) < 4.78 is 0. The molecular formula is C12H27N3. The molecule has 0 aromatic heterocycles. The zero-order valence-corrected chi connectivity index (χ0v) is 10.9. The van der Waals surface area contributed by atoms with Crippen LogP contribution in [0.3, 0.4) is 0 Å². The summed E-state index contributed by atoms with van der Waals surface area (Å²) in [5, 5.41) is 6.92. The Morgan fingerprint density at radius 3 is 2.13 bits per heavy atom. The highest BCUT2D eigenvalue weighted by atomic mass is 15.1. The fourth-order valence-electron chi connectivity index (χ4n) is 2.70. The molecule has 0 aromatic rings. The van der Waals surface area contributed by atoms with Gasteiger partial charge in [0.05, 0.1) is 0 Å². The third kappa shape index (κ3) is 3.16. The van der Waals surface area contributed by atoms with Gasteiger partial charge in [-0.1, -0.05) is 0 Å². The van der Waals surface area contributed by atoms with Crippen LogP contribution in [0.15, 0.2) is 0 Å². The van der Waals surface area contributed by atoms with Gasteiger partial charge in [-0.25, -0.2) is 0 Å². The molecule has 0 spiro atoms. The highest BCUT2D eigenvalue weighted by molar-refractivity contribution is 4.95. The van der Waals surface area contributed by atoms with Gasteiger partial charge in [0.1, 0.15) is 0 Å². The molecule has 1 aliphatic rings. The average molecular weight is 213 g/mol. The molecule has 0 aromatic carbocycles. The molecule has 1 heterocycles. The lowest BCUT2D eigenvalue weighted by Gasteiger charge is -2.42. The smallest absolute Gasteiger partial charge is 0.0278 e. The van der Waals surface area contributed by atoms with E-state index in [1.807, 2.05) is 0 Å². The lowest BCUT2D eigenvalue weighted by Crippen LogP contribution is -2.58. The monoisotopic (exact) mass is 213 g/mol. The van der Waals surface area contributed by atoms with Crippen LogP contribution in [-0.2, 0) is 0 Å². The van der Waals surface area contributed by atoms with Crippen molar-refractivity contribution in [2.75, 3.05) is 34.2 Å². The number of hydrogen-bond donors (Lipinski definition) is 2. The van der Waals surface area contributed by atoms with Gasteiger partial charge in [-0.3, -0.25) is 0 Å². The molecule has 0 amide bonds. The second kappa shape index (κ2) is 5.28. The molecule has 0 bridgehead atoms. The molecule has 1 fully saturated rings. The number of hydrogen-bond acceptors (Lipinski definition) is 3. The fourth-order valence-corrected chi connectivity index (χ4v) is 2.70. The van der Waals surface area contributed by atoms with Gasteiger partial charge in [0.15, 0.2) is 0 Å². The van der Waals surface area contributed by atoms with Crippen LogP contribution in [0.5, 0.6) is 0 Å². The molecule has 3 nitrogen and oxygen atoms in total. The first-order valence-corrected chi connectivity index (χ1v) is 6.06. The Balaban J connectivity index is 2.59. The third-order valence-electron chi connectivity index (χ3n) is 3.97. The minimum absolute atomic E-state index is 0.176. The van der Waals surface area contributed by atoms with Gasteiger partial charge in [0.25, 0.3) is 0 Å². The molecule has 1 rings (SSSR count). The summed E-state index contributed by atoms with van der Waals surface area (Å²) in [4.78, 5) is 2.43. The molecule has 15 heavy (non-hydrogen) atoms. The molecule has 1 unspecified atom stereocenters. The maximum atomic E-state index is 3.50. The number of nitrogens with one attached hydrogen (secondary N) is 2. The van der Waals surface area contributed by atoms with E-state index in [2.05, 4.69) is 50.5 Å². The zero-order valence-electron chi connectivity index (χ0n) is 10.9. The zero-order chi connectivity index (χ0) is 11.5. The molecule has 1 saturated heterocycles. The van der Waals surface area contributed by atoms with Crippen molar-refractivity contribution in [3.05, 3.63) is 0 Å². The summed E-state index contributed by atoms with van der Waals surface area (Å²) in [6, 6.07) is 0.566. The standard InChI is InChI=1S/C12H27N3/c1-12(2,14-4)11(13-3)10-6-8-15(5)9-7-10/h10-11,13-14H,6-9H2,1-5H3. The van der Waals surface area contributed by atoms with Gasteiger partial charge in [-0.05, 0) is 66.8 Å². The van der Waals surface area contributed by atoms with Crippen molar-refractivity contribution in [2.45, 2.75) is 38.3 Å². The molecule has 2 N–H and O–H groups in total. The quantitative estimate of drug-likeness (QED) is 0.727. The van der Waals surface area contributed by atoms with E-state index < -0.39 is 0 Å². The first kappa shape index (κ1) is 12.9. The van der Waals surface area contributed by atoms with Crippen LogP contribution < -0.4 is 10.6 Å². The van der Waals surface area contributed by atoms with Gasteiger partial charge in [-0.2, -0.15) is 0 Å². The molecule has 0 aliphatic carbocycles. The summed E-state index contributed by atoms with van der Waals surface area (Å²) in [5.41, 5.74) is 0.176. The SMILES string of the molecule is CNC(C1CCN(C)CC1)C(C)(C)NC. The van der Waals surface area contributed by atoms with E-state index >= 15 is 0 Å². The van der Waals surface area contributed by atoms with E-state index in [0.717, 1.165) is 5.92 Å². The average Bonchev–Trinajstić information content (AvgIpc) is 2.22. The largest absolute Gasteiger partial charge is 0.315 e. The Hall–Kier alpha value is -0.120. The second-order valence-electron chi connectivity index (χ2n) is 5.38. The Morgan fingerprint density at radius 2 is 1.73 bits per heavy atom. The Kier molecular flexibility index (Phi) is 4.56. The van der Waals surface area contributed by atoms with E-state index in [1.54, 1.807) is 0 Å². The van der Waals surface area contributed by atoms with Crippen LogP contribution in [0.1, 0.15) is 26.7 Å². The van der Waals surface area contributed by atoms with Crippen LogP contribution in [0, 0.1) is 5.92 Å². The van der Waals surface area contributed by atoms with Crippen molar-refractivity contribution >= 4 is 0 Å².